The molecule has 2 aliphatic heterocycles. The maximum Gasteiger partial charge on any atom is 0.261 e. The van der Waals surface area contributed by atoms with Crippen LogP contribution in [0.2, 0.25) is 0 Å². The van der Waals surface area contributed by atoms with E-state index in [2.05, 4.69) is 10.3 Å². The molecule has 1 aromatic carbocycles. The molecule has 2 atom stereocenters. The predicted molar refractivity (Wildman–Crippen MR) is 99.0 cm³/mol. The second-order valence-corrected chi connectivity index (χ2v) is 6.96. The van der Waals surface area contributed by atoms with E-state index in [-0.39, 0.29) is 36.5 Å². The summed E-state index contributed by atoms with van der Waals surface area (Å²) in [6.07, 6.45) is 5.89. The van der Waals surface area contributed by atoms with Crippen LogP contribution in [0.25, 0.3) is 10.9 Å². The van der Waals surface area contributed by atoms with Crippen molar-refractivity contribution in [1.29, 1.82) is 0 Å². The number of fused-ring (bicyclic) bond motifs is 3. The molecular weight excluding hydrogens is 340 g/mol. The van der Waals surface area contributed by atoms with E-state index in [1.165, 1.54) is 23.7 Å². The number of likely N-dealkylation sites (N-methyl/N-ethyl adjacent to an activating group) is 1. The van der Waals surface area contributed by atoms with Gasteiger partial charge in [-0.05, 0) is 37.8 Å². The molecule has 2 aliphatic rings. The summed E-state index contributed by atoms with van der Waals surface area (Å²) >= 11 is 0. The van der Waals surface area contributed by atoms with E-state index in [4.69, 9.17) is 0 Å². The number of carbonyl (C=O) groups is 1. The maximum atomic E-state index is 12.7. The minimum atomic E-state index is -0.160. The highest BCUT2D eigenvalue weighted by Gasteiger charge is 2.36. The molecule has 25 heavy (non-hydrogen) atoms. The summed E-state index contributed by atoms with van der Waals surface area (Å²) in [4.78, 5) is 31.3. The fourth-order valence-corrected chi connectivity index (χ4v) is 4.02. The van der Waals surface area contributed by atoms with Crippen LogP contribution < -0.4 is 10.9 Å². The number of carbonyl (C=O) groups excluding carboxylic acids is 1. The largest absolute Gasteiger partial charge is 0.341 e. The zero-order chi connectivity index (χ0) is 16.7. The van der Waals surface area contributed by atoms with Crippen LogP contribution in [0.4, 0.5) is 0 Å². The average Bonchev–Trinajstić information content (AvgIpc) is 2.94. The highest BCUT2D eigenvalue weighted by molar-refractivity contribution is 5.85. The SMILES string of the molecule is CN(C(=O)Cn1cnc2ccccc2c1=O)C1CC2CCC(C1)N2.Cl. The maximum absolute atomic E-state index is 12.7. The number of halogens is 1. The Balaban J connectivity index is 0.00000182. The summed E-state index contributed by atoms with van der Waals surface area (Å²) in [6.45, 7) is 0.0480. The first-order chi connectivity index (χ1) is 11.6. The zero-order valence-corrected chi connectivity index (χ0v) is 15.0. The molecule has 2 saturated heterocycles. The van der Waals surface area contributed by atoms with E-state index in [0.29, 0.717) is 23.0 Å². The number of nitrogens with zero attached hydrogens (tertiary/aromatic N) is 3. The van der Waals surface area contributed by atoms with Gasteiger partial charge in [-0.1, -0.05) is 12.1 Å². The smallest absolute Gasteiger partial charge is 0.261 e. The Morgan fingerprint density at radius 3 is 2.68 bits per heavy atom. The van der Waals surface area contributed by atoms with Gasteiger partial charge in [-0.3, -0.25) is 14.2 Å². The number of hydrogen-bond donors (Lipinski definition) is 1. The molecule has 0 saturated carbocycles. The molecule has 1 N–H and O–H groups in total. The molecule has 0 radical (unpaired) electrons. The van der Waals surface area contributed by atoms with Crippen LogP contribution in [0.5, 0.6) is 0 Å². The summed E-state index contributed by atoms with van der Waals surface area (Å²) in [5.41, 5.74) is 0.502. The Labute approximate surface area is 152 Å². The molecule has 0 aliphatic carbocycles. The van der Waals surface area contributed by atoms with Crippen LogP contribution >= 0.6 is 12.4 Å². The molecule has 2 fully saturated rings. The lowest BCUT2D eigenvalue weighted by Crippen LogP contribution is -2.49. The molecule has 2 aromatic rings. The molecular formula is C18H23ClN4O2. The van der Waals surface area contributed by atoms with E-state index < -0.39 is 0 Å². The lowest BCUT2D eigenvalue weighted by Gasteiger charge is -2.35. The lowest BCUT2D eigenvalue weighted by molar-refractivity contribution is -0.133. The molecule has 3 heterocycles. The van der Waals surface area contributed by atoms with E-state index in [1.54, 1.807) is 12.1 Å². The fraction of sp³-hybridized carbons (Fsp3) is 0.500. The van der Waals surface area contributed by atoms with Crippen molar-refractivity contribution >= 4 is 29.2 Å². The number of aromatic nitrogens is 2. The van der Waals surface area contributed by atoms with Crippen molar-refractivity contribution in [2.75, 3.05) is 7.05 Å². The van der Waals surface area contributed by atoms with E-state index in [0.717, 1.165) is 12.8 Å². The van der Waals surface area contributed by atoms with Gasteiger partial charge in [-0.15, -0.1) is 12.4 Å². The molecule has 4 rings (SSSR count). The Morgan fingerprint density at radius 1 is 1.28 bits per heavy atom. The van der Waals surface area contributed by atoms with Gasteiger partial charge in [0.1, 0.15) is 6.54 Å². The molecule has 1 aromatic heterocycles. The van der Waals surface area contributed by atoms with Gasteiger partial charge in [0.05, 0.1) is 17.2 Å². The number of nitrogens with one attached hydrogen (secondary N) is 1. The van der Waals surface area contributed by atoms with E-state index in [9.17, 15) is 9.59 Å². The first-order valence-corrected chi connectivity index (χ1v) is 8.57. The number of amides is 1. The first-order valence-electron chi connectivity index (χ1n) is 8.57. The average molecular weight is 363 g/mol. The number of hydrogen-bond acceptors (Lipinski definition) is 4. The molecule has 2 unspecified atom stereocenters. The molecule has 134 valence electrons. The highest BCUT2D eigenvalue weighted by Crippen LogP contribution is 2.29. The molecule has 2 bridgehead atoms. The Hall–Kier alpha value is -1.92. The van der Waals surface area contributed by atoms with Crippen LogP contribution in [0, 0.1) is 0 Å². The third-order valence-electron chi connectivity index (χ3n) is 5.43. The minimum Gasteiger partial charge on any atom is -0.341 e. The third kappa shape index (κ3) is 3.41. The van der Waals surface area contributed by atoms with E-state index in [1.807, 2.05) is 24.1 Å². The molecule has 6 nitrogen and oxygen atoms in total. The second kappa shape index (κ2) is 7.14. The van der Waals surface area contributed by atoms with Gasteiger partial charge in [-0.25, -0.2) is 4.98 Å². The fourth-order valence-electron chi connectivity index (χ4n) is 4.02. The topological polar surface area (TPSA) is 67.2 Å². The quantitative estimate of drug-likeness (QED) is 0.899. The van der Waals surface area contributed by atoms with Crippen LogP contribution in [0.3, 0.4) is 0 Å². The molecule has 0 spiro atoms. The van der Waals surface area contributed by atoms with Crippen molar-refractivity contribution < 1.29 is 4.79 Å². The predicted octanol–water partition coefficient (Wildman–Crippen LogP) is 1.56. The van der Waals surface area contributed by atoms with Gasteiger partial charge >= 0.3 is 0 Å². The standard InChI is InChI=1S/C18H22N4O2.ClH/c1-21(14-8-12-6-7-13(9-14)20-12)17(23)10-22-11-19-16-5-3-2-4-15(16)18(22)24;/h2-5,11-14,20H,6-10H2,1H3;1H. The highest BCUT2D eigenvalue weighted by atomic mass is 35.5. The van der Waals surface area contributed by atoms with Crippen molar-refractivity contribution in [3.05, 3.63) is 40.9 Å². The number of benzene rings is 1. The van der Waals surface area contributed by atoms with Crippen LogP contribution in [-0.4, -0.2) is 45.5 Å². The normalized spacial score (nSPS) is 24.8. The number of piperidine rings is 1. The van der Waals surface area contributed by atoms with Gasteiger partial charge in [-0.2, -0.15) is 0 Å². The monoisotopic (exact) mass is 362 g/mol. The van der Waals surface area contributed by atoms with Crippen LogP contribution in [0.15, 0.2) is 35.4 Å². The minimum absolute atomic E-state index is 0. The van der Waals surface area contributed by atoms with Gasteiger partial charge in [0.2, 0.25) is 5.91 Å². The zero-order valence-electron chi connectivity index (χ0n) is 14.2. The lowest BCUT2D eigenvalue weighted by atomic mass is 9.98. The van der Waals surface area contributed by atoms with Gasteiger partial charge in [0, 0.05) is 25.2 Å². The Kier molecular flexibility index (Phi) is 5.11. The van der Waals surface area contributed by atoms with Crippen molar-refractivity contribution in [2.45, 2.75) is 50.4 Å². The summed E-state index contributed by atoms with van der Waals surface area (Å²) in [7, 11) is 1.86. The van der Waals surface area contributed by atoms with Gasteiger partial charge in [0.25, 0.3) is 5.56 Å². The van der Waals surface area contributed by atoms with Crippen LogP contribution in [0.1, 0.15) is 25.7 Å². The summed E-state index contributed by atoms with van der Waals surface area (Å²) in [6, 6.07) is 8.56. The summed E-state index contributed by atoms with van der Waals surface area (Å²) in [5, 5.41) is 4.14. The summed E-state index contributed by atoms with van der Waals surface area (Å²) < 4.78 is 1.41. The number of rotatable bonds is 3. The Bertz CT molecular complexity index is 825. The first kappa shape index (κ1) is 17.9. The molecule has 1 amide bonds. The van der Waals surface area contributed by atoms with Crippen molar-refractivity contribution in [3.63, 3.8) is 0 Å². The van der Waals surface area contributed by atoms with Crippen LogP contribution in [-0.2, 0) is 11.3 Å². The van der Waals surface area contributed by atoms with E-state index >= 15 is 0 Å². The second-order valence-electron chi connectivity index (χ2n) is 6.96. The van der Waals surface area contributed by atoms with Crippen molar-refractivity contribution in [3.8, 4) is 0 Å². The van der Waals surface area contributed by atoms with Gasteiger partial charge < -0.3 is 10.2 Å². The van der Waals surface area contributed by atoms with Crippen molar-refractivity contribution in [2.24, 2.45) is 0 Å². The molecule has 7 heteroatoms. The third-order valence-corrected chi connectivity index (χ3v) is 5.43. The number of para-hydroxylation sites is 1. The summed E-state index contributed by atoms with van der Waals surface area (Å²) in [5.74, 6) is -0.0273. The van der Waals surface area contributed by atoms with Gasteiger partial charge in [0.15, 0.2) is 0 Å². The Morgan fingerprint density at radius 2 is 1.96 bits per heavy atom. The van der Waals surface area contributed by atoms with Crippen molar-refractivity contribution in [1.82, 2.24) is 19.8 Å².